The number of likely N-dealkylation sites (tertiary alicyclic amines) is 1. The fraction of sp³-hybridized carbons (Fsp3) is 0.708. The molecule has 6 atom stereocenters. The Kier molecular flexibility index (Phi) is 6.22. The van der Waals surface area contributed by atoms with E-state index in [1.807, 2.05) is 30.1 Å². The first-order chi connectivity index (χ1) is 15.2. The minimum atomic E-state index is -0.825. The number of rotatable bonds is 6. The minimum Gasteiger partial charge on any atom is -0.394 e. The molecule has 4 rings (SSSR count). The number of aliphatic hydroxyl groups is 1. The van der Waals surface area contributed by atoms with Gasteiger partial charge in [0.15, 0.2) is 0 Å². The lowest BCUT2D eigenvalue weighted by molar-refractivity contribution is -0.146. The van der Waals surface area contributed by atoms with Crippen molar-refractivity contribution in [1.29, 1.82) is 0 Å². The molecule has 1 spiro atoms. The van der Waals surface area contributed by atoms with Crippen LogP contribution in [0.2, 0.25) is 0 Å². The molecule has 2 saturated heterocycles. The van der Waals surface area contributed by atoms with Crippen LogP contribution in [0.1, 0.15) is 40.0 Å². The summed E-state index contributed by atoms with van der Waals surface area (Å²) in [5.41, 5.74) is 0. The highest BCUT2D eigenvalue weighted by atomic mass is 32.2. The largest absolute Gasteiger partial charge is 0.394 e. The van der Waals surface area contributed by atoms with Gasteiger partial charge in [0.2, 0.25) is 17.7 Å². The molecule has 3 amide bonds. The topological polar surface area (TPSA) is 81.2 Å². The summed E-state index contributed by atoms with van der Waals surface area (Å²) in [5.74, 6) is -1.50. The summed E-state index contributed by atoms with van der Waals surface area (Å²) >= 11 is 1.59. The average molecular weight is 462 g/mol. The lowest BCUT2D eigenvalue weighted by Crippen LogP contribution is -2.56. The molecule has 2 fully saturated rings. The van der Waals surface area contributed by atoms with Gasteiger partial charge in [-0.3, -0.25) is 14.4 Å². The van der Waals surface area contributed by atoms with Crippen LogP contribution < -0.4 is 0 Å². The Morgan fingerprint density at radius 3 is 2.50 bits per heavy atom. The highest BCUT2D eigenvalue weighted by Crippen LogP contribution is 2.65. The van der Waals surface area contributed by atoms with Crippen LogP contribution >= 0.6 is 11.8 Å². The standard InChI is InChI=1S/C24H35N3O4S/c1-5-6-7-13-26-14-9-11-24-18(21(30)27(16(2)15-28)19(24)22(26)31)17-20(29)25(4)12-8-10-23(17,3)32-24/h8-11,16-19,28H,5-7,12-15H2,1-4H3/t16-,17-,18+,19?,23+,24+/m1/s1. The molecule has 7 nitrogen and oxygen atoms in total. The maximum Gasteiger partial charge on any atom is 0.247 e. The van der Waals surface area contributed by atoms with E-state index in [9.17, 15) is 19.5 Å². The van der Waals surface area contributed by atoms with Gasteiger partial charge in [-0.05, 0) is 20.3 Å². The molecule has 32 heavy (non-hydrogen) atoms. The summed E-state index contributed by atoms with van der Waals surface area (Å²) in [6.07, 6.45) is 11.1. The van der Waals surface area contributed by atoms with Crippen LogP contribution in [0.3, 0.4) is 0 Å². The molecule has 1 unspecified atom stereocenters. The lowest BCUT2D eigenvalue weighted by Gasteiger charge is -2.38. The Balaban J connectivity index is 1.82. The smallest absolute Gasteiger partial charge is 0.247 e. The number of hydrogen-bond donors (Lipinski definition) is 1. The van der Waals surface area contributed by atoms with Gasteiger partial charge in [0.1, 0.15) is 6.04 Å². The first kappa shape index (κ1) is 23.4. The average Bonchev–Trinajstić information content (AvgIpc) is 3.05. The molecule has 0 radical (unpaired) electrons. The van der Waals surface area contributed by atoms with Gasteiger partial charge in [-0.15, -0.1) is 11.8 Å². The molecule has 0 saturated carbocycles. The third kappa shape index (κ3) is 3.33. The summed E-state index contributed by atoms with van der Waals surface area (Å²) in [6, 6.07) is -1.22. The van der Waals surface area contributed by atoms with Crippen LogP contribution in [0.5, 0.6) is 0 Å². The highest BCUT2D eigenvalue weighted by molar-refractivity contribution is 8.02. The monoisotopic (exact) mass is 461 g/mol. The zero-order valence-electron chi connectivity index (χ0n) is 19.5. The third-order valence-corrected chi connectivity index (χ3v) is 9.35. The predicted octanol–water partition coefficient (Wildman–Crippen LogP) is 1.67. The van der Waals surface area contributed by atoms with E-state index in [0.29, 0.717) is 19.6 Å². The van der Waals surface area contributed by atoms with Gasteiger partial charge in [-0.25, -0.2) is 0 Å². The molecular weight excluding hydrogens is 426 g/mol. The van der Waals surface area contributed by atoms with Crippen molar-refractivity contribution in [3.8, 4) is 0 Å². The molecule has 0 bridgehead atoms. The van der Waals surface area contributed by atoms with Crippen LogP contribution in [-0.2, 0) is 14.4 Å². The summed E-state index contributed by atoms with van der Waals surface area (Å²) in [5, 5.41) is 9.95. The van der Waals surface area contributed by atoms with E-state index in [1.165, 1.54) is 0 Å². The van der Waals surface area contributed by atoms with Crippen LogP contribution in [0.4, 0.5) is 0 Å². The van der Waals surface area contributed by atoms with Crippen molar-refractivity contribution in [1.82, 2.24) is 14.7 Å². The molecule has 0 aliphatic carbocycles. The molecular formula is C24H35N3O4S. The van der Waals surface area contributed by atoms with E-state index in [2.05, 4.69) is 13.0 Å². The second-order valence-corrected chi connectivity index (χ2v) is 11.6. The molecule has 176 valence electrons. The summed E-state index contributed by atoms with van der Waals surface area (Å²) in [4.78, 5) is 46.5. The number of carbonyl (C=O) groups is 3. The molecule has 8 heteroatoms. The SMILES string of the molecule is CCCCCN1CC=C[C@]23S[C@@]4(C)C=CCN(C)C(=O)[C@H]4[C@H]2C(=O)N([C@H](C)CO)C3C1=O. The van der Waals surface area contributed by atoms with E-state index in [4.69, 9.17) is 0 Å². The Hall–Kier alpha value is -1.80. The zero-order valence-corrected chi connectivity index (χ0v) is 20.3. The normalized spacial score (nSPS) is 37.3. The fourth-order valence-electron chi connectivity index (χ4n) is 5.95. The Morgan fingerprint density at radius 2 is 1.81 bits per heavy atom. The van der Waals surface area contributed by atoms with E-state index in [-0.39, 0.29) is 24.3 Å². The van der Waals surface area contributed by atoms with Crippen molar-refractivity contribution in [3.63, 3.8) is 0 Å². The van der Waals surface area contributed by atoms with Crippen molar-refractivity contribution in [2.45, 2.75) is 61.6 Å². The van der Waals surface area contributed by atoms with Gasteiger partial charge in [0, 0.05) is 31.4 Å². The predicted molar refractivity (Wildman–Crippen MR) is 125 cm³/mol. The number of amides is 3. The van der Waals surface area contributed by atoms with Crippen LogP contribution in [-0.4, -0.2) is 92.4 Å². The van der Waals surface area contributed by atoms with Gasteiger partial charge in [0.05, 0.1) is 29.2 Å². The minimum absolute atomic E-state index is 0.0534. The van der Waals surface area contributed by atoms with Crippen molar-refractivity contribution < 1.29 is 19.5 Å². The van der Waals surface area contributed by atoms with Crippen molar-refractivity contribution in [2.75, 3.05) is 33.3 Å². The quantitative estimate of drug-likeness (QED) is 0.481. The van der Waals surface area contributed by atoms with Gasteiger partial charge < -0.3 is 19.8 Å². The molecule has 0 aromatic heterocycles. The molecule has 0 aromatic carbocycles. The van der Waals surface area contributed by atoms with Crippen molar-refractivity contribution >= 4 is 29.5 Å². The second kappa shape index (κ2) is 8.52. The van der Waals surface area contributed by atoms with Crippen molar-refractivity contribution in [2.24, 2.45) is 11.8 Å². The number of hydrogen-bond acceptors (Lipinski definition) is 5. The summed E-state index contributed by atoms with van der Waals surface area (Å²) in [6.45, 7) is 7.38. The maximum atomic E-state index is 13.9. The number of carbonyl (C=O) groups excluding carboxylic acids is 3. The maximum absolute atomic E-state index is 13.9. The number of unbranched alkanes of at least 4 members (excludes halogenated alkanes) is 2. The highest BCUT2D eigenvalue weighted by Gasteiger charge is 2.74. The Labute approximate surface area is 194 Å². The number of thioether (sulfide) groups is 1. The fourth-order valence-corrected chi connectivity index (χ4v) is 8.09. The number of aliphatic hydroxyl groups excluding tert-OH is 1. The second-order valence-electron chi connectivity index (χ2n) is 9.79. The molecule has 1 N–H and O–H groups in total. The van der Waals surface area contributed by atoms with Gasteiger partial charge >= 0.3 is 0 Å². The van der Waals surface area contributed by atoms with Gasteiger partial charge in [-0.2, -0.15) is 0 Å². The molecule has 0 aromatic rings. The number of fused-ring (bicyclic) bond motifs is 2. The van der Waals surface area contributed by atoms with E-state index in [0.717, 1.165) is 19.3 Å². The molecule has 4 aliphatic heterocycles. The first-order valence-corrected chi connectivity index (χ1v) is 12.6. The number of nitrogens with zero attached hydrogens (tertiary/aromatic N) is 3. The Bertz CT molecular complexity index is 860. The van der Waals surface area contributed by atoms with E-state index < -0.39 is 33.4 Å². The summed E-state index contributed by atoms with van der Waals surface area (Å²) < 4.78 is -1.40. The third-order valence-electron chi connectivity index (χ3n) is 7.55. The van der Waals surface area contributed by atoms with Crippen LogP contribution in [0.15, 0.2) is 24.3 Å². The number of likely N-dealkylation sites (N-methyl/N-ethyl adjacent to an activating group) is 1. The first-order valence-electron chi connectivity index (χ1n) is 11.7. The van der Waals surface area contributed by atoms with Crippen LogP contribution in [0.25, 0.3) is 0 Å². The Morgan fingerprint density at radius 1 is 1.09 bits per heavy atom. The molecule has 4 heterocycles. The summed E-state index contributed by atoms with van der Waals surface area (Å²) in [7, 11) is 1.77. The van der Waals surface area contributed by atoms with Crippen molar-refractivity contribution in [3.05, 3.63) is 24.3 Å². The van der Waals surface area contributed by atoms with E-state index >= 15 is 0 Å². The van der Waals surface area contributed by atoms with E-state index in [1.54, 1.807) is 35.5 Å². The lowest BCUT2D eigenvalue weighted by atomic mass is 9.74. The van der Waals surface area contributed by atoms with Crippen LogP contribution in [0, 0.1) is 11.8 Å². The van der Waals surface area contributed by atoms with Gasteiger partial charge in [-0.1, -0.05) is 44.1 Å². The zero-order chi connectivity index (χ0) is 23.3. The molecule has 4 aliphatic rings. The van der Waals surface area contributed by atoms with Gasteiger partial charge in [0.25, 0.3) is 0 Å².